The van der Waals surface area contributed by atoms with Gasteiger partial charge in [-0.3, -0.25) is 9.59 Å². The molecule has 0 aromatic carbocycles. The molecule has 0 aliphatic heterocycles. The minimum Gasteiger partial charge on any atom is -0.462 e. The highest BCUT2D eigenvalue weighted by Crippen LogP contribution is 2.66. The van der Waals surface area contributed by atoms with Crippen molar-refractivity contribution in [2.75, 3.05) is 6.54 Å². The van der Waals surface area contributed by atoms with Crippen molar-refractivity contribution >= 4 is 11.8 Å². The molecule has 4 nitrogen and oxygen atoms in total. The quantitative estimate of drug-likeness (QED) is 0.599. The molecule has 2 unspecified atom stereocenters. The predicted molar refractivity (Wildman–Crippen MR) is 105 cm³/mol. The van der Waals surface area contributed by atoms with Crippen LogP contribution < -0.4 is 5.73 Å². The van der Waals surface area contributed by atoms with Crippen LogP contribution in [0.3, 0.4) is 0 Å². The van der Waals surface area contributed by atoms with Gasteiger partial charge in [0.2, 0.25) is 0 Å². The maximum Gasteiger partial charge on any atom is 0.307 e. The number of Topliss-reactive ketones (excluding diaryl/α,β-unsaturated/α-hetero) is 1. The van der Waals surface area contributed by atoms with Crippen molar-refractivity contribution in [2.45, 2.75) is 77.7 Å². The minimum atomic E-state index is -0.156. The molecule has 0 spiro atoms. The average Bonchev–Trinajstić information content (AvgIpc) is 2.92. The second-order valence-corrected chi connectivity index (χ2v) is 10.1. The maximum absolute atomic E-state index is 12.6. The second-order valence-electron chi connectivity index (χ2n) is 10.1. The van der Waals surface area contributed by atoms with Crippen LogP contribution in [-0.2, 0) is 14.3 Å². The molecular weight excluding hydrogens is 338 g/mol. The van der Waals surface area contributed by atoms with Crippen molar-refractivity contribution < 1.29 is 14.3 Å². The minimum absolute atomic E-state index is 0.0355. The van der Waals surface area contributed by atoms with Gasteiger partial charge < -0.3 is 10.5 Å². The molecule has 0 radical (unpaired) electrons. The van der Waals surface area contributed by atoms with Crippen LogP contribution >= 0.6 is 0 Å². The zero-order valence-corrected chi connectivity index (χ0v) is 17.0. The highest BCUT2D eigenvalue weighted by atomic mass is 16.5. The third kappa shape index (κ3) is 2.90. The van der Waals surface area contributed by atoms with E-state index in [0.29, 0.717) is 42.4 Å². The molecule has 0 heterocycles. The molecule has 0 aromatic rings. The standard InChI is InChI=1S/C23H35NO3/c1-14-12-15-13-16(27-20(26)8-11-24)6-9-22(15,2)18-7-10-23(3)17(21(14)18)4-5-19(23)25/h15-18,21H,1,4-13,24H2,2-3H3/t15?,16?,17-,18+,21-,22-,23-/m0/s1. The number of carbonyl (C=O) groups excluding carboxylic acids is 2. The monoisotopic (exact) mass is 373 g/mol. The molecular formula is C23H35NO3. The van der Waals surface area contributed by atoms with Crippen LogP contribution in [0.2, 0.25) is 0 Å². The van der Waals surface area contributed by atoms with Gasteiger partial charge in [-0.25, -0.2) is 0 Å². The van der Waals surface area contributed by atoms with Gasteiger partial charge in [-0.1, -0.05) is 26.0 Å². The number of hydrogen-bond acceptors (Lipinski definition) is 4. The van der Waals surface area contributed by atoms with Gasteiger partial charge in [0.05, 0.1) is 6.42 Å². The van der Waals surface area contributed by atoms with E-state index in [9.17, 15) is 9.59 Å². The van der Waals surface area contributed by atoms with E-state index in [4.69, 9.17) is 10.5 Å². The fourth-order valence-corrected chi connectivity index (χ4v) is 7.33. The van der Waals surface area contributed by atoms with Crippen molar-refractivity contribution in [2.24, 2.45) is 40.2 Å². The molecule has 4 rings (SSSR count). The molecule has 150 valence electrons. The average molecular weight is 374 g/mol. The summed E-state index contributed by atoms with van der Waals surface area (Å²) < 4.78 is 5.70. The van der Waals surface area contributed by atoms with Crippen LogP contribution in [0.25, 0.3) is 0 Å². The van der Waals surface area contributed by atoms with E-state index in [1.807, 2.05) is 0 Å². The van der Waals surface area contributed by atoms with Crippen molar-refractivity contribution in [1.82, 2.24) is 0 Å². The molecule has 0 bridgehead atoms. The SMILES string of the molecule is C=C1CC2CC(OC(=O)CCN)CC[C@]2(C)[C@@H]2CC[C@]3(C)C(=O)CC[C@H]3[C@H]12. The Morgan fingerprint density at radius 2 is 2.00 bits per heavy atom. The number of esters is 1. The summed E-state index contributed by atoms with van der Waals surface area (Å²) in [6, 6.07) is 0. The molecule has 4 heteroatoms. The Kier molecular flexibility index (Phi) is 4.77. The zero-order valence-electron chi connectivity index (χ0n) is 17.0. The number of rotatable bonds is 3. The Balaban J connectivity index is 1.53. The predicted octanol–water partition coefficient (Wildman–Crippen LogP) is 4.02. The van der Waals surface area contributed by atoms with E-state index >= 15 is 0 Å². The lowest BCUT2D eigenvalue weighted by Crippen LogP contribution is -2.55. The summed E-state index contributed by atoms with van der Waals surface area (Å²) in [5.41, 5.74) is 7.02. The van der Waals surface area contributed by atoms with E-state index in [0.717, 1.165) is 51.4 Å². The van der Waals surface area contributed by atoms with Gasteiger partial charge in [0.1, 0.15) is 11.9 Å². The third-order valence-electron chi connectivity index (χ3n) is 8.94. The van der Waals surface area contributed by atoms with Crippen molar-refractivity contribution in [1.29, 1.82) is 0 Å². The molecule has 4 aliphatic carbocycles. The summed E-state index contributed by atoms with van der Waals surface area (Å²) in [6.07, 6.45) is 8.41. The Morgan fingerprint density at radius 1 is 1.22 bits per heavy atom. The largest absolute Gasteiger partial charge is 0.462 e. The molecule has 4 aliphatic rings. The number of allylic oxidation sites excluding steroid dienone is 1. The first-order valence-electron chi connectivity index (χ1n) is 10.9. The number of nitrogens with two attached hydrogens (primary N) is 1. The fraction of sp³-hybridized carbons (Fsp3) is 0.826. The third-order valence-corrected chi connectivity index (χ3v) is 8.94. The van der Waals surface area contributed by atoms with Gasteiger partial charge in [-0.2, -0.15) is 0 Å². The highest BCUT2D eigenvalue weighted by molar-refractivity contribution is 5.87. The Labute approximate surface area is 163 Å². The molecule has 0 amide bonds. The van der Waals surface area contributed by atoms with Gasteiger partial charge >= 0.3 is 5.97 Å². The van der Waals surface area contributed by atoms with Crippen LogP contribution in [0, 0.1) is 34.5 Å². The summed E-state index contributed by atoms with van der Waals surface area (Å²) in [7, 11) is 0. The van der Waals surface area contributed by atoms with Crippen LogP contribution in [0.5, 0.6) is 0 Å². The smallest absolute Gasteiger partial charge is 0.307 e. The number of hydrogen-bond donors (Lipinski definition) is 1. The van der Waals surface area contributed by atoms with E-state index < -0.39 is 0 Å². The van der Waals surface area contributed by atoms with E-state index in [-0.39, 0.29) is 22.9 Å². The molecule has 7 atom stereocenters. The number of ether oxygens (including phenoxy) is 1. The van der Waals surface area contributed by atoms with E-state index in [1.54, 1.807) is 0 Å². The molecule has 27 heavy (non-hydrogen) atoms. The van der Waals surface area contributed by atoms with Crippen LogP contribution in [-0.4, -0.2) is 24.4 Å². The lowest BCUT2D eigenvalue weighted by Gasteiger charge is -2.60. The lowest BCUT2D eigenvalue weighted by molar-refractivity contribution is -0.158. The van der Waals surface area contributed by atoms with Gasteiger partial charge in [-0.15, -0.1) is 0 Å². The van der Waals surface area contributed by atoms with Crippen molar-refractivity contribution in [3.63, 3.8) is 0 Å². The van der Waals surface area contributed by atoms with Gasteiger partial charge in [0.25, 0.3) is 0 Å². The first kappa shape index (κ1) is 19.2. The Hall–Kier alpha value is -1.16. The normalized spacial score (nSPS) is 46.4. The molecule has 2 N–H and O–H groups in total. The Bertz CT molecular complexity index is 658. The second kappa shape index (κ2) is 6.72. The summed E-state index contributed by atoms with van der Waals surface area (Å²) >= 11 is 0. The topological polar surface area (TPSA) is 69.4 Å². The summed E-state index contributed by atoms with van der Waals surface area (Å²) in [5, 5.41) is 0. The van der Waals surface area contributed by atoms with Gasteiger partial charge in [-0.05, 0) is 74.0 Å². The van der Waals surface area contributed by atoms with Crippen molar-refractivity contribution in [3.8, 4) is 0 Å². The fourth-order valence-electron chi connectivity index (χ4n) is 7.33. The maximum atomic E-state index is 12.6. The number of ketones is 1. The lowest BCUT2D eigenvalue weighted by atomic mass is 9.44. The van der Waals surface area contributed by atoms with E-state index in [2.05, 4.69) is 20.4 Å². The Morgan fingerprint density at radius 3 is 2.74 bits per heavy atom. The summed E-state index contributed by atoms with van der Waals surface area (Å²) in [6.45, 7) is 9.56. The summed E-state index contributed by atoms with van der Waals surface area (Å²) in [4.78, 5) is 24.5. The molecule has 0 aromatic heterocycles. The molecule has 4 saturated carbocycles. The van der Waals surface area contributed by atoms with Gasteiger partial charge in [0, 0.05) is 18.4 Å². The number of fused-ring (bicyclic) bond motifs is 5. The van der Waals surface area contributed by atoms with Crippen LogP contribution in [0.1, 0.15) is 71.6 Å². The van der Waals surface area contributed by atoms with Crippen molar-refractivity contribution in [3.05, 3.63) is 12.2 Å². The van der Waals surface area contributed by atoms with Crippen LogP contribution in [0.4, 0.5) is 0 Å². The zero-order chi connectivity index (χ0) is 19.4. The molecule has 4 fully saturated rings. The summed E-state index contributed by atoms with van der Waals surface area (Å²) in [5.74, 6) is 2.51. The first-order chi connectivity index (χ1) is 12.8. The van der Waals surface area contributed by atoms with Crippen LogP contribution in [0.15, 0.2) is 12.2 Å². The van der Waals surface area contributed by atoms with E-state index in [1.165, 1.54) is 5.57 Å². The number of carbonyl (C=O) groups is 2. The highest BCUT2D eigenvalue weighted by Gasteiger charge is 2.61. The van der Waals surface area contributed by atoms with Gasteiger partial charge in [0.15, 0.2) is 0 Å². The molecule has 0 saturated heterocycles. The first-order valence-corrected chi connectivity index (χ1v) is 10.9.